The average molecular weight is 366 g/mol. The van der Waals surface area contributed by atoms with Crippen molar-refractivity contribution in [3.8, 4) is 0 Å². The molecular weight excluding hydrogens is 343 g/mol. The number of nitrogens with zero attached hydrogens (tertiary/aromatic N) is 4. The number of pyridine rings is 1. The molecule has 6 heteroatoms. The van der Waals surface area contributed by atoms with Gasteiger partial charge in [-0.2, -0.15) is 4.39 Å². The normalized spacial score (nSPS) is 17.1. The van der Waals surface area contributed by atoms with Gasteiger partial charge in [0.1, 0.15) is 5.65 Å². The number of halogens is 1. The van der Waals surface area contributed by atoms with Crippen LogP contribution in [-0.2, 0) is 13.0 Å². The number of hydrogen-bond donors (Lipinski definition) is 0. The van der Waals surface area contributed by atoms with Crippen molar-refractivity contribution in [3.05, 3.63) is 70.9 Å². The van der Waals surface area contributed by atoms with Crippen LogP contribution in [-0.4, -0.2) is 51.8 Å². The lowest BCUT2D eigenvalue weighted by Gasteiger charge is -2.36. The number of fused-ring (bicyclic) bond motifs is 2. The highest BCUT2D eigenvalue weighted by Gasteiger charge is 2.28. The van der Waals surface area contributed by atoms with E-state index in [2.05, 4.69) is 35.1 Å². The number of aryl methyl sites for hydroxylation is 1. The van der Waals surface area contributed by atoms with Gasteiger partial charge in [0.25, 0.3) is 5.91 Å². The fourth-order valence-electron chi connectivity index (χ4n) is 3.76. The van der Waals surface area contributed by atoms with Gasteiger partial charge in [-0.15, -0.1) is 0 Å². The van der Waals surface area contributed by atoms with Crippen molar-refractivity contribution in [2.45, 2.75) is 25.9 Å². The summed E-state index contributed by atoms with van der Waals surface area (Å²) < 4.78 is 16.0. The fourth-order valence-corrected chi connectivity index (χ4v) is 3.76. The van der Waals surface area contributed by atoms with Crippen LogP contribution >= 0.6 is 0 Å². The zero-order valence-corrected chi connectivity index (χ0v) is 15.8. The van der Waals surface area contributed by atoms with Gasteiger partial charge in [-0.3, -0.25) is 14.1 Å². The topological polar surface area (TPSA) is 40.9 Å². The molecule has 0 saturated heterocycles. The van der Waals surface area contributed by atoms with Crippen molar-refractivity contribution in [3.63, 3.8) is 0 Å². The molecule has 0 N–H and O–H groups in total. The van der Waals surface area contributed by atoms with Gasteiger partial charge < -0.3 is 4.90 Å². The average Bonchev–Trinajstić information content (AvgIpc) is 2.98. The van der Waals surface area contributed by atoms with Crippen LogP contribution in [0.3, 0.4) is 0 Å². The van der Waals surface area contributed by atoms with Crippen molar-refractivity contribution >= 4 is 11.6 Å². The maximum Gasteiger partial charge on any atom is 0.277 e. The molecular formula is C21H23FN4O. The largest absolute Gasteiger partial charge is 0.339 e. The van der Waals surface area contributed by atoms with Gasteiger partial charge >= 0.3 is 0 Å². The first kappa shape index (κ1) is 17.7. The minimum atomic E-state index is -0.604. The molecule has 1 amide bonds. The lowest BCUT2D eigenvalue weighted by Crippen LogP contribution is -2.46. The number of aromatic nitrogens is 2. The maximum atomic E-state index is 14.7. The van der Waals surface area contributed by atoms with E-state index in [0.29, 0.717) is 12.2 Å². The lowest BCUT2D eigenvalue weighted by molar-refractivity contribution is 0.0723. The van der Waals surface area contributed by atoms with Crippen molar-refractivity contribution in [1.29, 1.82) is 0 Å². The molecule has 0 aliphatic carbocycles. The molecule has 1 atom stereocenters. The van der Waals surface area contributed by atoms with Crippen LogP contribution in [0.25, 0.3) is 5.65 Å². The minimum absolute atomic E-state index is 0.123. The molecule has 140 valence electrons. The third-order valence-electron chi connectivity index (χ3n) is 5.36. The van der Waals surface area contributed by atoms with Crippen molar-refractivity contribution < 1.29 is 9.18 Å². The van der Waals surface area contributed by atoms with Crippen molar-refractivity contribution in [1.82, 2.24) is 19.2 Å². The van der Waals surface area contributed by atoms with Crippen LogP contribution in [0, 0.1) is 12.9 Å². The Morgan fingerprint density at radius 1 is 1.26 bits per heavy atom. The van der Waals surface area contributed by atoms with Gasteiger partial charge in [-0.25, -0.2) is 4.98 Å². The number of carbonyl (C=O) groups excluding carboxylic acids is 1. The first-order valence-corrected chi connectivity index (χ1v) is 9.10. The molecule has 0 fully saturated rings. The SMILES string of the molecule is Cc1ccc2nc(C(=O)N(C)C[C@@H]3Cc4ccccc4CN3C)c(F)n2c1. The third kappa shape index (κ3) is 3.21. The molecule has 2 aromatic heterocycles. The molecule has 0 unspecified atom stereocenters. The zero-order valence-electron chi connectivity index (χ0n) is 15.8. The summed E-state index contributed by atoms with van der Waals surface area (Å²) >= 11 is 0. The second-order valence-corrected chi connectivity index (χ2v) is 7.41. The number of likely N-dealkylation sites (N-methyl/N-ethyl adjacent to an activating group) is 2. The van der Waals surface area contributed by atoms with Crippen LogP contribution < -0.4 is 0 Å². The Labute approximate surface area is 158 Å². The van der Waals surface area contributed by atoms with E-state index in [1.165, 1.54) is 15.5 Å². The van der Waals surface area contributed by atoms with Crippen LogP contribution in [0.4, 0.5) is 4.39 Å². The number of imidazole rings is 1. The molecule has 0 radical (unpaired) electrons. The third-order valence-corrected chi connectivity index (χ3v) is 5.36. The summed E-state index contributed by atoms with van der Waals surface area (Å²) in [6.45, 7) is 3.25. The minimum Gasteiger partial charge on any atom is -0.339 e. The Morgan fingerprint density at radius 2 is 2.00 bits per heavy atom. The zero-order chi connectivity index (χ0) is 19.1. The highest BCUT2D eigenvalue weighted by Crippen LogP contribution is 2.23. The summed E-state index contributed by atoms with van der Waals surface area (Å²) in [5.41, 5.74) is 3.87. The molecule has 1 aliphatic heterocycles. The second-order valence-electron chi connectivity index (χ2n) is 7.41. The summed E-state index contributed by atoms with van der Waals surface area (Å²) in [5, 5.41) is 0. The van der Waals surface area contributed by atoms with E-state index in [4.69, 9.17) is 0 Å². The van der Waals surface area contributed by atoms with E-state index < -0.39 is 5.95 Å². The molecule has 1 aliphatic rings. The smallest absolute Gasteiger partial charge is 0.277 e. The molecule has 0 bridgehead atoms. The van der Waals surface area contributed by atoms with Crippen molar-refractivity contribution in [2.24, 2.45) is 0 Å². The Kier molecular flexibility index (Phi) is 4.44. The fraction of sp³-hybridized carbons (Fsp3) is 0.333. The summed E-state index contributed by atoms with van der Waals surface area (Å²) in [7, 11) is 3.78. The molecule has 3 heterocycles. The van der Waals surface area contributed by atoms with Crippen LogP contribution in [0.5, 0.6) is 0 Å². The number of carbonyl (C=O) groups is 1. The predicted octanol–water partition coefficient (Wildman–Crippen LogP) is 2.91. The van der Waals surface area contributed by atoms with Gasteiger partial charge in [0, 0.05) is 32.4 Å². The highest BCUT2D eigenvalue weighted by atomic mass is 19.1. The molecule has 3 aromatic rings. The maximum absolute atomic E-state index is 14.7. The Hall–Kier alpha value is -2.73. The first-order valence-electron chi connectivity index (χ1n) is 9.10. The quantitative estimate of drug-likeness (QED) is 0.716. The van der Waals surface area contributed by atoms with E-state index >= 15 is 0 Å². The number of amides is 1. The molecule has 5 nitrogen and oxygen atoms in total. The van der Waals surface area contributed by atoms with Crippen LogP contribution in [0.2, 0.25) is 0 Å². The molecule has 4 rings (SSSR count). The summed E-state index contributed by atoms with van der Waals surface area (Å²) in [6.07, 6.45) is 2.53. The molecule has 0 spiro atoms. The van der Waals surface area contributed by atoms with E-state index in [-0.39, 0.29) is 17.6 Å². The van der Waals surface area contributed by atoms with Gasteiger partial charge in [-0.05, 0) is 43.1 Å². The first-order chi connectivity index (χ1) is 12.9. The Bertz CT molecular complexity index is 1010. The van der Waals surface area contributed by atoms with Crippen molar-refractivity contribution in [2.75, 3.05) is 20.6 Å². The van der Waals surface area contributed by atoms with Gasteiger partial charge in [-0.1, -0.05) is 30.3 Å². The summed E-state index contributed by atoms with van der Waals surface area (Å²) in [5.74, 6) is -0.992. The predicted molar refractivity (Wildman–Crippen MR) is 102 cm³/mol. The standard InChI is InChI=1S/C21H23FN4O/c1-14-8-9-18-23-19(20(22)26(18)11-14)21(27)25(3)13-17-10-15-6-4-5-7-16(15)12-24(17)2/h4-9,11,17H,10,12-13H2,1-3H3/t17-/m0/s1. The Morgan fingerprint density at radius 3 is 2.78 bits per heavy atom. The van der Waals surface area contributed by atoms with Gasteiger partial charge in [0.05, 0.1) is 0 Å². The second kappa shape index (κ2) is 6.78. The molecule has 1 aromatic carbocycles. The monoisotopic (exact) mass is 366 g/mol. The highest BCUT2D eigenvalue weighted by molar-refractivity contribution is 5.93. The Balaban J connectivity index is 1.54. The van der Waals surface area contributed by atoms with Gasteiger partial charge in [0.2, 0.25) is 5.95 Å². The van der Waals surface area contributed by atoms with Crippen LogP contribution in [0.15, 0.2) is 42.6 Å². The summed E-state index contributed by atoms with van der Waals surface area (Å²) in [6, 6.07) is 12.2. The summed E-state index contributed by atoms with van der Waals surface area (Å²) in [4.78, 5) is 20.9. The number of rotatable bonds is 3. The van der Waals surface area contributed by atoms with E-state index in [1.54, 1.807) is 24.2 Å². The van der Waals surface area contributed by atoms with E-state index in [0.717, 1.165) is 18.5 Å². The lowest BCUT2D eigenvalue weighted by atomic mass is 9.94. The van der Waals surface area contributed by atoms with E-state index in [1.807, 2.05) is 19.1 Å². The number of hydrogen-bond acceptors (Lipinski definition) is 3. The van der Waals surface area contributed by atoms with Gasteiger partial charge in [0.15, 0.2) is 5.69 Å². The van der Waals surface area contributed by atoms with E-state index in [9.17, 15) is 9.18 Å². The van der Waals surface area contributed by atoms with Crippen LogP contribution in [0.1, 0.15) is 27.2 Å². The molecule has 27 heavy (non-hydrogen) atoms. The number of benzene rings is 1. The molecule has 0 saturated carbocycles.